The van der Waals surface area contributed by atoms with Gasteiger partial charge in [-0.1, -0.05) is 5.21 Å². The van der Waals surface area contributed by atoms with Crippen molar-refractivity contribution in [1.29, 1.82) is 0 Å². The third-order valence-electron chi connectivity index (χ3n) is 2.06. The molecule has 0 saturated carbocycles. The zero-order valence-electron chi connectivity index (χ0n) is 8.20. The quantitative estimate of drug-likeness (QED) is 0.775. The van der Waals surface area contributed by atoms with Crippen molar-refractivity contribution in [3.8, 4) is 5.69 Å². The second-order valence-corrected chi connectivity index (χ2v) is 3.57. The Hall–Kier alpha value is -1.49. The van der Waals surface area contributed by atoms with Crippen molar-refractivity contribution in [2.75, 3.05) is 5.88 Å². The number of aryl methyl sites for hydroxylation is 1. The predicted molar refractivity (Wildman–Crippen MR) is 55.7 cm³/mol. The van der Waals surface area contributed by atoms with Gasteiger partial charge in [-0.3, -0.25) is 0 Å². The first-order chi connectivity index (χ1) is 7.70. The van der Waals surface area contributed by atoms with Gasteiger partial charge < -0.3 is 0 Å². The second-order valence-electron chi connectivity index (χ2n) is 3.19. The van der Waals surface area contributed by atoms with E-state index in [2.05, 4.69) is 10.3 Å². The average molecular weight is 244 g/mol. The molecule has 0 atom stereocenters. The van der Waals surface area contributed by atoms with Crippen molar-refractivity contribution in [2.45, 2.75) is 6.42 Å². The van der Waals surface area contributed by atoms with Crippen molar-refractivity contribution in [2.24, 2.45) is 0 Å². The lowest BCUT2D eigenvalue weighted by Crippen LogP contribution is -1.96. The highest BCUT2D eigenvalue weighted by molar-refractivity contribution is 6.17. The maximum atomic E-state index is 13.0. The van der Waals surface area contributed by atoms with Crippen molar-refractivity contribution in [3.63, 3.8) is 0 Å². The summed E-state index contributed by atoms with van der Waals surface area (Å²) >= 11 is 5.55. The summed E-state index contributed by atoms with van der Waals surface area (Å²) in [5.74, 6) is -1.35. The Labute approximate surface area is 95.6 Å². The van der Waals surface area contributed by atoms with E-state index in [0.29, 0.717) is 23.7 Å². The van der Waals surface area contributed by atoms with E-state index >= 15 is 0 Å². The topological polar surface area (TPSA) is 30.7 Å². The van der Waals surface area contributed by atoms with Gasteiger partial charge in [0, 0.05) is 18.4 Å². The third kappa shape index (κ3) is 2.19. The van der Waals surface area contributed by atoms with Gasteiger partial charge in [0.1, 0.15) is 0 Å². The van der Waals surface area contributed by atoms with Crippen LogP contribution in [0.15, 0.2) is 24.4 Å². The smallest absolute Gasteiger partial charge is 0.160 e. The molecular weight excluding hydrogens is 236 g/mol. The molecule has 1 heterocycles. The van der Waals surface area contributed by atoms with Gasteiger partial charge in [0.05, 0.1) is 17.6 Å². The Bertz CT molecular complexity index is 499. The van der Waals surface area contributed by atoms with Gasteiger partial charge in [-0.2, -0.15) is 0 Å². The fourth-order valence-electron chi connectivity index (χ4n) is 1.26. The van der Waals surface area contributed by atoms with Crippen molar-refractivity contribution in [1.82, 2.24) is 15.0 Å². The normalized spacial score (nSPS) is 10.7. The lowest BCUT2D eigenvalue weighted by Gasteiger charge is -1.99. The zero-order valence-corrected chi connectivity index (χ0v) is 8.96. The van der Waals surface area contributed by atoms with E-state index in [9.17, 15) is 8.78 Å². The molecule has 3 nitrogen and oxygen atoms in total. The van der Waals surface area contributed by atoms with E-state index in [0.717, 1.165) is 12.1 Å². The molecule has 2 rings (SSSR count). The molecule has 0 fully saturated rings. The van der Waals surface area contributed by atoms with Gasteiger partial charge in [-0.15, -0.1) is 16.7 Å². The summed E-state index contributed by atoms with van der Waals surface area (Å²) in [5.41, 5.74) is 1.13. The molecule has 2 aromatic rings. The number of hydrogen-bond donors (Lipinski definition) is 0. The van der Waals surface area contributed by atoms with Crippen LogP contribution in [0.1, 0.15) is 5.69 Å². The van der Waals surface area contributed by atoms with Crippen LogP contribution in [0.25, 0.3) is 5.69 Å². The van der Waals surface area contributed by atoms with Crippen LogP contribution in [-0.4, -0.2) is 20.9 Å². The molecule has 84 valence electrons. The van der Waals surface area contributed by atoms with E-state index in [1.807, 2.05) is 0 Å². The summed E-state index contributed by atoms with van der Waals surface area (Å²) < 4.78 is 27.0. The molecule has 0 spiro atoms. The Balaban J connectivity index is 2.31. The molecule has 1 aromatic heterocycles. The molecule has 1 aromatic carbocycles. The van der Waals surface area contributed by atoms with Gasteiger partial charge in [0.25, 0.3) is 0 Å². The van der Waals surface area contributed by atoms with Crippen LogP contribution >= 0.6 is 11.6 Å². The fraction of sp³-hybridized carbons (Fsp3) is 0.200. The molecule has 0 unspecified atom stereocenters. The Morgan fingerprint density at radius 1 is 1.25 bits per heavy atom. The Morgan fingerprint density at radius 3 is 2.75 bits per heavy atom. The summed E-state index contributed by atoms with van der Waals surface area (Å²) in [6, 6.07) is 3.54. The number of alkyl halides is 1. The van der Waals surface area contributed by atoms with Crippen LogP contribution < -0.4 is 0 Å². The molecule has 0 amide bonds. The first kappa shape index (κ1) is 11.0. The standard InChI is InChI=1S/C10H8ClF2N3/c11-4-3-7-6-16(15-14-7)8-1-2-9(12)10(13)5-8/h1-2,5-6H,3-4H2. The Kier molecular flexibility index (Phi) is 3.14. The highest BCUT2D eigenvalue weighted by Gasteiger charge is 2.06. The van der Waals surface area contributed by atoms with Gasteiger partial charge in [0.15, 0.2) is 11.6 Å². The van der Waals surface area contributed by atoms with Gasteiger partial charge in [-0.05, 0) is 12.1 Å². The molecule has 0 bridgehead atoms. The van der Waals surface area contributed by atoms with E-state index in [4.69, 9.17) is 11.6 Å². The van der Waals surface area contributed by atoms with Gasteiger partial charge >= 0.3 is 0 Å². The van der Waals surface area contributed by atoms with Crippen LogP contribution in [0.2, 0.25) is 0 Å². The Morgan fingerprint density at radius 2 is 2.06 bits per heavy atom. The lowest BCUT2D eigenvalue weighted by atomic mass is 10.3. The molecule has 0 radical (unpaired) electrons. The first-order valence-electron chi connectivity index (χ1n) is 4.63. The maximum Gasteiger partial charge on any atom is 0.160 e. The summed E-state index contributed by atoms with van der Waals surface area (Å²) in [7, 11) is 0. The summed E-state index contributed by atoms with van der Waals surface area (Å²) in [6.07, 6.45) is 2.22. The monoisotopic (exact) mass is 243 g/mol. The minimum Gasteiger partial charge on any atom is -0.220 e. The summed E-state index contributed by atoms with van der Waals surface area (Å²) in [4.78, 5) is 0. The number of hydrogen-bond acceptors (Lipinski definition) is 2. The third-order valence-corrected chi connectivity index (χ3v) is 2.25. The van der Waals surface area contributed by atoms with E-state index < -0.39 is 11.6 Å². The minimum atomic E-state index is -0.910. The molecule has 0 saturated heterocycles. The van der Waals surface area contributed by atoms with Gasteiger partial charge in [-0.25, -0.2) is 13.5 Å². The minimum absolute atomic E-state index is 0.423. The zero-order chi connectivity index (χ0) is 11.5. The predicted octanol–water partition coefficient (Wildman–Crippen LogP) is 2.33. The summed E-state index contributed by atoms with van der Waals surface area (Å²) in [6.45, 7) is 0. The first-order valence-corrected chi connectivity index (χ1v) is 5.17. The highest BCUT2D eigenvalue weighted by Crippen LogP contribution is 2.12. The fourth-order valence-corrected chi connectivity index (χ4v) is 1.46. The second kappa shape index (κ2) is 4.57. The van der Waals surface area contributed by atoms with E-state index in [-0.39, 0.29) is 0 Å². The van der Waals surface area contributed by atoms with Crippen molar-refractivity contribution in [3.05, 3.63) is 41.7 Å². The molecule has 0 aliphatic carbocycles. The van der Waals surface area contributed by atoms with Crippen molar-refractivity contribution < 1.29 is 8.78 Å². The molecule has 6 heteroatoms. The van der Waals surface area contributed by atoms with Crippen LogP contribution in [0.5, 0.6) is 0 Å². The average Bonchev–Trinajstić information content (AvgIpc) is 2.71. The molecule has 0 N–H and O–H groups in total. The van der Waals surface area contributed by atoms with E-state index in [1.165, 1.54) is 10.7 Å². The van der Waals surface area contributed by atoms with Crippen LogP contribution in [0.4, 0.5) is 8.78 Å². The van der Waals surface area contributed by atoms with Crippen LogP contribution in [0, 0.1) is 11.6 Å². The van der Waals surface area contributed by atoms with E-state index in [1.54, 1.807) is 6.20 Å². The number of aromatic nitrogens is 3. The number of rotatable bonds is 3. The molecular formula is C10H8ClF2N3. The molecule has 0 aliphatic heterocycles. The lowest BCUT2D eigenvalue weighted by molar-refractivity contribution is 0.507. The number of halogens is 3. The highest BCUT2D eigenvalue weighted by atomic mass is 35.5. The summed E-state index contributed by atoms with van der Waals surface area (Å²) in [5, 5.41) is 7.64. The van der Waals surface area contributed by atoms with Crippen molar-refractivity contribution >= 4 is 11.6 Å². The SMILES string of the molecule is Fc1ccc(-n2cc(CCCl)nn2)cc1F. The largest absolute Gasteiger partial charge is 0.220 e. The molecule has 0 aliphatic rings. The van der Waals surface area contributed by atoms with Crippen LogP contribution in [-0.2, 0) is 6.42 Å². The maximum absolute atomic E-state index is 13.0. The van der Waals surface area contributed by atoms with Gasteiger partial charge in [0.2, 0.25) is 0 Å². The van der Waals surface area contributed by atoms with Crippen LogP contribution in [0.3, 0.4) is 0 Å². The molecule has 16 heavy (non-hydrogen) atoms. The number of benzene rings is 1. The number of nitrogens with zero attached hydrogens (tertiary/aromatic N) is 3.